The van der Waals surface area contributed by atoms with Crippen LogP contribution < -0.4 is 5.32 Å². The molecule has 0 atom stereocenters. The minimum absolute atomic E-state index is 0.398. The summed E-state index contributed by atoms with van der Waals surface area (Å²) in [7, 11) is 0. The lowest BCUT2D eigenvalue weighted by molar-refractivity contribution is 0.859. The van der Waals surface area contributed by atoms with Gasteiger partial charge in [-0.05, 0) is 37.3 Å². The van der Waals surface area contributed by atoms with Gasteiger partial charge >= 0.3 is 0 Å². The second-order valence-corrected chi connectivity index (χ2v) is 6.56. The summed E-state index contributed by atoms with van der Waals surface area (Å²) in [6.45, 7) is 1.88. The molecule has 0 aliphatic heterocycles. The van der Waals surface area contributed by atoms with E-state index in [2.05, 4.69) is 31.4 Å². The molecule has 5 aromatic rings. The van der Waals surface area contributed by atoms with Crippen molar-refractivity contribution in [2.24, 2.45) is 0 Å². The van der Waals surface area contributed by atoms with E-state index in [0.717, 1.165) is 27.6 Å². The van der Waals surface area contributed by atoms with Crippen LogP contribution in [0.4, 0.5) is 11.6 Å². The molecule has 138 valence electrons. The van der Waals surface area contributed by atoms with Crippen LogP contribution in [0, 0.1) is 18.3 Å². The third kappa shape index (κ3) is 2.93. The lowest BCUT2D eigenvalue weighted by Gasteiger charge is -2.12. The number of aromatic nitrogens is 5. The number of nitriles is 1. The molecule has 0 aliphatic carbocycles. The zero-order valence-corrected chi connectivity index (χ0v) is 15.5. The topological polar surface area (TPSA) is 92.3 Å². The average molecular weight is 377 g/mol. The van der Waals surface area contributed by atoms with Crippen LogP contribution in [0.3, 0.4) is 0 Å². The van der Waals surface area contributed by atoms with Gasteiger partial charge in [-0.1, -0.05) is 30.3 Å². The van der Waals surface area contributed by atoms with E-state index in [-0.39, 0.29) is 0 Å². The Labute approximate surface area is 166 Å². The summed E-state index contributed by atoms with van der Waals surface area (Å²) in [4.78, 5) is 13.9. The number of hydrogen-bond acceptors (Lipinski definition) is 6. The number of nitrogens with one attached hydrogen (secondary N) is 1. The number of fused-ring (bicyclic) bond motifs is 2. The Kier molecular flexibility index (Phi) is 3.88. The molecule has 2 aromatic carbocycles. The normalized spacial score (nSPS) is 10.9. The molecule has 0 saturated carbocycles. The highest BCUT2D eigenvalue weighted by molar-refractivity contribution is 5.80. The van der Waals surface area contributed by atoms with Gasteiger partial charge in [0, 0.05) is 5.39 Å². The lowest BCUT2D eigenvalue weighted by atomic mass is 10.2. The van der Waals surface area contributed by atoms with Crippen molar-refractivity contribution in [2.45, 2.75) is 6.92 Å². The smallest absolute Gasteiger partial charge is 0.156 e. The molecule has 1 N–H and O–H groups in total. The quantitative estimate of drug-likeness (QED) is 0.504. The zero-order valence-electron chi connectivity index (χ0n) is 15.5. The molecule has 3 heterocycles. The summed E-state index contributed by atoms with van der Waals surface area (Å²) in [6, 6.07) is 21.6. The van der Waals surface area contributed by atoms with Gasteiger partial charge in [-0.25, -0.2) is 15.0 Å². The van der Waals surface area contributed by atoms with Crippen molar-refractivity contribution in [2.75, 3.05) is 5.32 Å². The summed E-state index contributed by atoms with van der Waals surface area (Å²) in [6.07, 6.45) is 1.52. The lowest BCUT2D eigenvalue weighted by Crippen LogP contribution is -2.08. The first-order valence-corrected chi connectivity index (χ1v) is 9.07. The van der Waals surface area contributed by atoms with E-state index in [1.54, 1.807) is 4.68 Å². The molecule has 0 aliphatic rings. The van der Waals surface area contributed by atoms with E-state index >= 15 is 0 Å². The first-order chi connectivity index (χ1) is 14.2. The molecule has 0 amide bonds. The minimum Gasteiger partial charge on any atom is -0.322 e. The standard InChI is InChI=1S/C22H15N7/c1-14-21(27-19-9-5-4-8-18(19)25-14)28-22-16(12-23)13-24-29(22)20-11-10-15-6-2-3-7-17(15)26-20/h2-11,13H,1H3,(H,27,28). The number of hydrogen-bond donors (Lipinski definition) is 1. The van der Waals surface area contributed by atoms with Gasteiger partial charge in [0.05, 0.1) is 28.4 Å². The highest BCUT2D eigenvalue weighted by Gasteiger charge is 2.16. The van der Waals surface area contributed by atoms with E-state index in [1.165, 1.54) is 6.20 Å². The van der Waals surface area contributed by atoms with Crippen LogP contribution >= 0.6 is 0 Å². The maximum Gasteiger partial charge on any atom is 0.156 e. The predicted octanol–water partition coefficient (Wildman–Crippen LogP) is 4.29. The number of pyridine rings is 1. The molecule has 0 radical (unpaired) electrons. The molecule has 29 heavy (non-hydrogen) atoms. The third-order valence-electron chi connectivity index (χ3n) is 4.67. The van der Waals surface area contributed by atoms with Gasteiger partial charge in [0.15, 0.2) is 17.5 Å². The van der Waals surface area contributed by atoms with Crippen molar-refractivity contribution < 1.29 is 0 Å². The third-order valence-corrected chi connectivity index (χ3v) is 4.67. The predicted molar refractivity (Wildman–Crippen MR) is 111 cm³/mol. The van der Waals surface area contributed by atoms with Crippen LogP contribution in [0.5, 0.6) is 0 Å². The largest absolute Gasteiger partial charge is 0.322 e. The second-order valence-electron chi connectivity index (χ2n) is 6.56. The van der Waals surface area contributed by atoms with E-state index in [0.29, 0.717) is 23.0 Å². The van der Waals surface area contributed by atoms with Crippen molar-refractivity contribution in [3.05, 3.63) is 78.1 Å². The van der Waals surface area contributed by atoms with E-state index in [4.69, 9.17) is 0 Å². The van der Waals surface area contributed by atoms with Crippen LogP contribution in [0.15, 0.2) is 66.9 Å². The summed E-state index contributed by atoms with van der Waals surface area (Å²) in [5.41, 5.74) is 3.57. The average Bonchev–Trinajstić information content (AvgIpc) is 3.16. The summed E-state index contributed by atoms with van der Waals surface area (Å²) in [5.74, 6) is 1.69. The molecule has 0 spiro atoms. The number of benzene rings is 2. The summed E-state index contributed by atoms with van der Waals surface area (Å²) in [5, 5.41) is 18.2. The summed E-state index contributed by atoms with van der Waals surface area (Å²) >= 11 is 0. The van der Waals surface area contributed by atoms with Crippen molar-refractivity contribution >= 4 is 33.6 Å². The van der Waals surface area contributed by atoms with E-state index in [1.807, 2.05) is 67.6 Å². The number of para-hydroxylation sites is 3. The van der Waals surface area contributed by atoms with Gasteiger partial charge < -0.3 is 5.32 Å². The van der Waals surface area contributed by atoms with Gasteiger partial charge in [-0.2, -0.15) is 15.0 Å². The number of anilines is 2. The molecule has 0 bridgehead atoms. The van der Waals surface area contributed by atoms with Gasteiger partial charge in [0.25, 0.3) is 0 Å². The fourth-order valence-electron chi connectivity index (χ4n) is 3.22. The molecule has 7 heteroatoms. The van der Waals surface area contributed by atoms with E-state index in [9.17, 15) is 5.26 Å². The van der Waals surface area contributed by atoms with Crippen LogP contribution in [-0.4, -0.2) is 24.7 Å². The molecular formula is C22H15N7. The van der Waals surface area contributed by atoms with Crippen LogP contribution in [0.25, 0.3) is 27.8 Å². The SMILES string of the molecule is Cc1nc2ccccc2nc1Nc1c(C#N)cnn1-c1ccc2ccccc2n1. The molecule has 0 saturated heterocycles. The van der Waals surface area contributed by atoms with E-state index < -0.39 is 0 Å². The van der Waals surface area contributed by atoms with Gasteiger partial charge in [0.2, 0.25) is 0 Å². The first kappa shape index (κ1) is 16.8. The van der Waals surface area contributed by atoms with Crippen LogP contribution in [0.2, 0.25) is 0 Å². The van der Waals surface area contributed by atoms with Crippen LogP contribution in [-0.2, 0) is 0 Å². The van der Waals surface area contributed by atoms with Gasteiger partial charge in [0.1, 0.15) is 11.6 Å². The highest BCUT2D eigenvalue weighted by atomic mass is 15.4. The zero-order chi connectivity index (χ0) is 19.8. The monoisotopic (exact) mass is 377 g/mol. The number of nitrogens with zero attached hydrogens (tertiary/aromatic N) is 6. The molecular weight excluding hydrogens is 362 g/mol. The maximum absolute atomic E-state index is 9.57. The van der Waals surface area contributed by atoms with Crippen molar-refractivity contribution in [3.63, 3.8) is 0 Å². The van der Waals surface area contributed by atoms with Crippen molar-refractivity contribution in [1.82, 2.24) is 24.7 Å². The van der Waals surface area contributed by atoms with Crippen molar-refractivity contribution in [1.29, 1.82) is 5.26 Å². The Bertz CT molecular complexity index is 1410. The Morgan fingerprint density at radius 3 is 2.38 bits per heavy atom. The fraction of sp³-hybridized carbons (Fsp3) is 0.0455. The van der Waals surface area contributed by atoms with Crippen LogP contribution in [0.1, 0.15) is 11.3 Å². The maximum atomic E-state index is 9.57. The van der Waals surface area contributed by atoms with Crippen molar-refractivity contribution in [3.8, 4) is 11.9 Å². The molecule has 3 aromatic heterocycles. The molecule has 7 nitrogen and oxygen atoms in total. The Morgan fingerprint density at radius 1 is 0.862 bits per heavy atom. The summed E-state index contributed by atoms with van der Waals surface area (Å²) < 4.78 is 1.61. The molecule has 5 rings (SSSR count). The Morgan fingerprint density at radius 2 is 1.59 bits per heavy atom. The Balaban J connectivity index is 1.63. The first-order valence-electron chi connectivity index (χ1n) is 9.07. The number of aryl methyl sites for hydroxylation is 1. The molecule has 0 unspecified atom stereocenters. The second kappa shape index (κ2) is 6.69. The van der Waals surface area contributed by atoms with Gasteiger partial charge in [-0.3, -0.25) is 0 Å². The minimum atomic E-state index is 0.398. The molecule has 0 fully saturated rings. The van der Waals surface area contributed by atoms with Gasteiger partial charge in [-0.15, -0.1) is 0 Å². The fourth-order valence-corrected chi connectivity index (χ4v) is 3.22. The Hall–Kier alpha value is -4.31. The number of rotatable bonds is 3. The highest BCUT2D eigenvalue weighted by Crippen LogP contribution is 2.26.